The number of H-pyrrole nitrogens is 1. The summed E-state index contributed by atoms with van der Waals surface area (Å²) in [6, 6.07) is 22.7. The Balaban J connectivity index is 1.79. The molecule has 1 heterocycles. The third-order valence-corrected chi connectivity index (χ3v) is 5.63. The Kier molecular flexibility index (Phi) is 6.77. The number of rotatable bonds is 7. The molecule has 0 aliphatic heterocycles. The van der Waals surface area contributed by atoms with Gasteiger partial charge in [0.05, 0.1) is 22.5 Å². The third-order valence-electron chi connectivity index (χ3n) is 5.39. The molecule has 3 aromatic carbocycles. The number of benzene rings is 3. The Labute approximate surface area is 197 Å². The number of halogens is 1. The van der Waals surface area contributed by atoms with Gasteiger partial charge < -0.3 is 20.3 Å². The lowest BCUT2D eigenvalue weighted by molar-refractivity contribution is -0.116. The number of carbonyl (C=O) groups excluding carboxylic acids is 1. The Morgan fingerprint density at radius 2 is 1.82 bits per heavy atom. The lowest BCUT2D eigenvalue weighted by Gasteiger charge is -2.21. The van der Waals surface area contributed by atoms with Crippen LogP contribution in [0.25, 0.3) is 10.9 Å². The molecule has 0 unspecified atom stereocenters. The maximum atomic E-state index is 12.1. The number of amides is 1. The summed E-state index contributed by atoms with van der Waals surface area (Å²) in [5.41, 5.74) is 4.35. The number of nitrogens with zero attached hydrogens (tertiary/aromatic N) is 2. The zero-order chi connectivity index (χ0) is 23.4. The predicted molar refractivity (Wildman–Crippen MR) is 135 cm³/mol. The lowest BCUT2D eigenvalue weighted by atomic mass is 10.0. The van der Waals surface area contributed by atoms with E-state index < -0.39 is 0 Å². The van der Waals surface area contributed by atoms with Crippen LogP contribution in [0.1, 0.15) is 18.1 Å². The highest BCUT2D eigenvalue weighted by atomic mass is 35.5. The molecule has 7 heteroatoms. The van der Waals surface area contributed by atoms with E-state index in [0.717, 1.165) is 22.2 Å². The van der Waals surface area contributed by atoms with Gasteiger partial charge in [-0.1, -0.05) is 48.0 Å². The van der Waals surface area contributed by atoms with Gasteiger partial charge in [-0.05, 0) is 43.4 Å². The quantitative estimate of drug-likeness (QED) is 0.329. The summed E-state index contributed by atoms with van der Waals surface area (Å²) in [4.78, 5) is 21.7. The van der Waals surface area contributed by atoms with Crippen molar-refractivity contribution in [3.05, 3.63) is 88.9 Å². The number of aromatic amines is 1. The second kappa shape index (κ2) is 9.90. The molecule has 1 aromatic heterocycles. The highest BCUT2D eigenvalue weighted by molar-refractivity contribution is 6.31. The number of aromatic nitrogens is 1. The Morgan fingerprint density at radius 3 is 2.48 bits per heavy atom. The number of fused-ring (bicyclic) bond motifs is 1. The zero-order valence-corrected chi connectivity index (χ0v) is 19.2. The smallest absolute Gasteiger partial charge is 0.223 e. The minimum Gasteiger partial charge on any atom is -0.494 e. The molecular weight excluding hydrogens is 436 g/mol. The van der Waals surface area contributed by atoms with Gasteiger partial charge in [0.15, 0.2) is 5.88 Å². The highest BCUT2D eigenvalue weighted by Gasteiger charge is 2.19. The van der Waals surface area contributed by atoms with Crippen molar-refractivity contribution in [3.63, 3.8) is 0 Å². The van der Waals surface area contributed by atoms with Crippen molar-refractivity contribution in [2.24, 2.45) is 4.99 Å². The minimum atomic E-state index is -0.0196. The fourth-order valence-corrected chi connectivity index (χ4v) is 3.96. The Hall–Kier alpha value is -3.61. The van der Waals surface area contributed by atoms with E-state index in [1.54, 1.807) is 24.0 Å². The van der Waals surface area contributed by atoms with Crippen LogP contribution in [-0.4, -0.2) is 41.8 Å². The van der Waals surface area contributed by atoms with Gasteiger partial charge in [-0.3, -0.25) is 4.79 Å². The predicted octanol–water partition coefficient (Wildman–Crippen LogP) is 5.27. The van der Waals surface area contributed by atoms with Crippen LogP contribution in [-0.2, 0) is 4.79 Å². The van der Waals surface area contributed by atoms with Gasteiger partial charge >= 0.3 is 0 Å². The molecular formula is C26H25ClN4O2. The molecule has 0 saturated heterocycles. The van der Waals surface area contributed by atoms with Crippen molar-refractivity contribution in [1.29, 1.82) is 0 Å². The second-order valence-corrected chi connectivity index (χ2v) is 8.09. The van der Waals surface area contributed by atoms with Crippen LogP contribution in [0.3, 0.4) is 0 Å². The van der Waals surface area contributed by atoms with Crippen molar-refractivity contribution in [2.45, 2.75) is 6.92 Å². The van der Waals surface area contributed by atoms with E-state index in [0.29, 0.717) is 35.1 Å². The van der Waals surface area contributed by atoms with Crippen molar-refractivity contribution in [1.82, 2.24) is 10.3 Å². The average molecular weight is 461 g/mol. The molecule has 0 atom stereocenters. The molecule has 0 radical (unpaired) electrons. The number of hydrogen-bond acceptors (Lipinski definition) is 4. The molecule has 0 aliphatic carbocycles. The van der Waals surface area contributed by atoms with Crippen molar-refractivity contribution in [3.8, 4) is 5.88 Å². The Morgan fingerprint density at radius 1 is 1.09 bits per heavy atom. The van der Waals surface area contributed by atoms with Gasteiger partial charge in [0.2, 0.25) is 5.91 Å². The first kappa shape index (κ1) is 22.6. The number of carbonyl (C=O) groups is 1. The number of aromatic hydroxyl groups is 1. The van der Waals surface area contributed by atoms with E-state index >= 15 is 0 Å². The van der Waals surface area contributed by atoms with E-state index in [-0.39, 0.29) is 11.8 Å². The number of hydrogen-bond donors (Lipinski definition) is 3. The molecule has 6 nitrogen and oxygen atoms in total. The van der Waals surface area contributed by atoms with Crippen molar-refractivity contribution < 1.29 is 9.90 Å². The maximum absolute atomic E-state index is 12.1. The first-order valence-corrected chi connectivity index (χ1v) is 11.0. The molecule has 3 N–H and O–H groups in total. The molecule has 33 heavy (non-hydrogen) atoms. The fraction of sp³-hybridized carbons (Fsp3) is 0.154. The Bertz CT molecular complexity index is 1300. The average Bonchev–Trinajstić information content (AvgIpc) is 3.13. The third kappa shape index (κ3) is 4.92. The van der Waals surface area contributed by atoms with Gasteiger partial charge in [-0.25, -0.2) is 4.99 Å². The SMILES string of the molecule is CNCCN(C(C)=O)c1ccc(N=C(c2ccccc2)c2c(O)[nH]c3cc(Cl)ccc23)cc1. The van der Waals surface area contributed by atoms with Gasteiger partial charge in [-0.15, -0.1) is 0 Å². The molecule has 4 aromatic rings. The number of likely N-dealkylation sites (N-methyl/N-ethyl adjacent to an activating group) is 1. The molecule has 0 spiro atoms. The van der Waals surface area contributed by atoms with Crippen LogP contribution < -0.4 is 10.2 Å². The van der Waals surface area contributed by atoms with Crippen LogP contribution in [0.5, 0.6) is 5.88 Å². The standard InChI is InChI=1S/C26H25ClN4O2/c1-17(32)31(15-14-28-2)21-11-9-20(10-12-21)29-25(18-6-4-3-5-7-18)24-22-13-8-19(27)16-23(22)30-26(24)33/h3-13,16,28,30,33H,14-15H2,1-2H3. The minimum absolute atomic E-state index is 0.0196. The van der Waals surface area contributed by atoms with Crippen molar-refractivity contribution >= 4 is 45.5 Å². The number of aliphatic imine (C=N–C) groups is 1. The highest BCUT2D eigenvalue weighted by Crippen LogP contribution is 2.33. The monoisotopic (exact) mass is 460 g/mol. The normalized spacial score (nSPS) is 11.7. The van der Waals surface area contributed by atoms with Crippen LogP contribution in [0, 0.1) is 0 Å². The first-order valence-electron chi connectivity index (χ1n) is 10.7. The molecule has 1 amide bonds. The molecule has 4 rings (SSSR count). The van der Waals surface area contributed by atoms with Gasteiger partial charge in [0.25, 0.3) is 0 Å². The van der Waals surface area contributed by atoms with E-state index in [2.05, 4.69) is 10.3 Å². The van der Waals surface area contributed by atoms with E-state index in [4.69, 9.17) is 16.6 Å². The zero-order valence-electron chi connectivity index (χ0n) is 18.5. The van der Waals surface area contributed by atoms with Crippen LogP contribution >= 0.6 is 11.6 Å². The molecule has 0 bridgehead atoms. The fourth-order valence-electron chi connectivity index (χ4n) is 3.78. The van der Waals surface area contributed by atoms with Crippen molar-refractivity contribution in [2.75, 3.05) is 25.0 Å². The molecule has 0 aliphatic rings. The van der Waals surface area contributed by atoms with E-state index in [1.807, 2.05) is 67.7 Å². The van der Waals surface area contributed by atoms with Crippen LogP contribution in [0.15, 0.2) is 77.8 Å². The second-order valence-electron chi connectivity index (χ2n) is 7.66. The van der Waals surface area contributed by atoms with Gasteiger partial charge in [-0.2, -0.15) is 0 Å². The summed E-state index contributed by atoms with van der Waals surface area (Å²) in [6.07, 6.45) is 0. The van der Waals surface area contributed by atoms with Crippen LogP contribution in [0.2, 0.25) is 5.02 Å². The summed E-state index contributed by atoms with van der Waals surface area (Å²) in [5, 5.41) is 15.2. The largest absolute Gasteiger partial charge is 0.494 e. The molecule has 168 valence electrons. The van der Waals surface area contributed by atoms with Crippen LogP contribution in [0.4, 0.5) is 11.4 Å². The molecule has 0 fully saturated rings. The van der Waals surface area contributed by atoms with E-state index in [1.165, 1.54) is 0 Å². The maximum Gasteiger partial charge on any atom is 0.223 e. The first-order chi connectivity index (χ1) is 16.0. The summed E-state index contributed by atoms with van der Waals surface area (Å²) in [5.74, 6) is 0.00941. The van der Waals surface area contributed by atoms with E-state index in [9.17, 15) is 9.90 Å². The summed E-state index contributed by atoms with van der Waals surface area (Å²) >= 11 is 6.14. The number of nitrogens with one attached hydrogen (secondary N) is 2. The lowest BCUT2D eigenvalue weighted by Crippen LogP contribution is -2.34. The number of anilines is 1. The summed E-state index contributed by atoms with van der Waals surface area (Å²) < 4.78 is 0. The van der Waals surface area contributed by atoms with Gasteiger partial charge in [0.1, 0.15) is 0 Å². The van der Waals surface area contributed by atoms with Gasteiger partial charge in [0, 0.05) is 41.7 Å². The summed E-state index contributed by atoms with van der Waals surface area (Å²) in [7, 11) is 1.86. The summed E-state index contributed by atoms with van der Waals surface area (Å²) in [6.45, 7) is 2.83. The topological polar surface area (TPSA) is 80.7 Å². The molecule has 0 saturated carbocycles.